The van der Waals surface area contributed by atoms with Crippen molar-refractivity contribution in [1.82, 2.24) is 15.2 Å². The van der Waals surface area contributed by atoms with Gasteiger partial charge in [-0.25, -0.2) is 9.78 Å². The Morgan fingerprint density at radius 2 is 2.00 bits per heavy atom. The number of carbonyl (C=O) groups excluding carboxylic acids is 2. The minimum absolute atomic E-state index is 0.172. The minimum atomic E-state index is -0.399. The van der Waals surface area contributed by atoms with Gasteiger partial charge in [0.05, 0.1) is 28.7 Å². The molecule has 0 aliphatic rings. The predicted molar refractivity (Wildman–Crippen MR) is 105 cm³/mol. The number of imide groups is 1. The molecule has 0 radical (unpaired) electrons. The first-order chi connectivity index (χ1) is 12.5. The fraction of sp³-hybridized carbons (Fsp3) is 0.421. The van der Waals surface area contributed by atoms with Crippen LogP contribution < -0.4 is 11.1 Å². The van der Waals surface area contributed by atoms with E-state index in [0.29, 0.717) is 6.54 Å². The molecule has 1 aromatic carbocycles. The lowest BCUT2D eigenvalue weighted by molar-refractivity contribution is -0.126. The zero-order chi connectivity index (χ0) is 19.1. The molecule has 1 unspecified atom stereocenters. The zero-order valence-electron chi connectivity index (χ0n) is 15.5. The molecule has 7 heteroatoms. The van der Waals surface area contributed by atoms with E-state index in [1.807, 2.05) is 50.5 Å². The van der Waals surface area contributed by atoms with Crippen LogP contribution in [0.5, 0.6) is 0 Å². The standard InChI is InChI=1S/C19H26N4O2S/c1-4-5-10-23(17(24)11-20)19(25)22-13(2)15-6-8-16(9-7-15)18-14(3)21-12-26-18/h6-9,12-13H,4-5,10-11,20H2,1-3H3,(H,22,25). The molecule has 6 nitrogen and oxygen atoms in total. The number of aromatic nitrogens is 1. The Morgan fingerprint density at radius 1 is 1.31 bits per heavy atom. The molecule has 0 aliphatic carbocycles. The maximum atomic E-state index is 12.5. The average Bonchev–Trinajstić information content (AvgIpc) is 3.07. The number of unbranched alkanes of at least 4 members (excludes halogenated alkanes) is 1. The number of nitrogens with zero attached hydrogens (tertiary/aromatic N) is 2. The Morgan fingerprint density at radius 3 is 2.54 bits per heavy atom. The van der Waals surface area contributed by atoms with Crippen LogP contribution in [0.4, 0.5) is 4.79 Å². The quantitative estimate of drug-likeness (QED) is 0.776. The summed E-state index contributed by atoms with van der Waals surface area (Å²) < 4.78 is 0. The van der Waals surface area contributed by atoms with Crippen molar-refractivity contribution in [2.75, 3.05) is 13.1 Å². The first-order valence-corrected chi connectivity index (χ1v) is 9.67. The van der Waals surface area contributed by atoms with Crippen LogP contribution >= 0.6 is 11.3 Å². The van der Waals surface area contributed by atoms with Crippen molar-refractivity contribution in [3.05, 3.63) is 41.0 Å². The van der Waals surface area contributed by atoms with Gasteiger partial charge in [0.2, 0.25) is 5.91 Å². The van der Waals surface area contributed by atoms with E-state index in [0.717, 1.165) is 34.5 Å². The highest BCUT2D eigenvalue weighted by Gasteiger charge is 2.21. The fourth-order valence-corrected chi connectivity index (χ4v) is 3.43. The summed E-state index contributed by atoms with van der Waals surface area (Å²) in [7, 11) is 0. The number of aryl methyl sites for hydroxylation is 1. The summed E-state index contributed by atoms with van der Waals surface area (Å²) in [6.45, 7) is 6.11. The number of rotatable bonds is 7. The van der Waals surface area contributed by atoms with Gasteiger partial charge in [-0.2, -0.15) is 0 Å². The van der Waals surface area contributed by atoms with E-state index in [9.17, 15) is 9.59 Å². The molecular formula is C19H26N4O2S. The van der Waals surface area contributed by atoms with Crippen LogP contribution in [0.25, 0.3) is 10.4 Å². The number of nitrogens with one attached hydrogen (secondary N) is 1. The fourth-order valence-electron chi connectivity index (χ4n) is 2.61. The molecule has 140 valence electrons. The van der Waals surface area contributed by atoms with Gasteiger partial charge < -0.3 is 11.1 Å². The van der Waals surface area contributed by atoms with Crippen LogP contribution in [0.2, 0.25) is 0 Å². The van der Waals surface area contributed by atoms with Crippen molar-refractivity contribution in [2.45, 2.75) is 39.7 Å². The number of hydrogen-bond acceptors (Lipinski definition) is 5. The number of carbonyl (C=O) groups is 2. The van der Waals surface area contributed by atoms with E-state index in [1.165, 1.54) is 4.90 Å². The second kappa shape index (κ2) is 9.45. The average molecular weight is 375 g/mol. The van der Waals surface area contributed by atoms with Crippen molar-refractivity contribution >= 4 is 23.3 Å². The summed E-state index contributed by atoms with van der Waals surface area (Å²) in [5.41, 5.74) is 10.3. The number of benzene rings is 1. The molecule has 1 heterocycles. The van der Waals surface area contributed by atoms with Crippen LogP contribution in [-0.4, -0.2) is 34.9 Å². The topological polar surface area (TPSA) is 88.3 Å². The molecule has 0 fully saturated rings. The third kappa shape index (κ3) is 4.89. The van der Waals surface area contributed by atoms with Crippen molar-refractivity contribution in [3.63, 3.8) is 0 Å². The van der Waals surface area contributed by atoms with Crippen molar-refractivity contribution in [2.24, 2.45) is 5.73 Å². The molecular weight excluding hydrogens is 348 g/mol. The Balaban J connectivity index is 2.05. The molecule has 1 aromatic heterocycles. The van der Waals surface area contributed by atoms with Gasteiger partial charge in [0.25, 0.3) is 0 Å². The SMILES string of the molecule is CCCCN(C(=O)CN)C(=O)NC(C)c1ccc(-c2scnc2C)cc1. The third-order valence-electron chi connectivity index (χ3n) is 4.21. The van der Waals surface area contributed by atoms with E-state index in [2.05, 4.69) is 10.3 Å². The Kier molecular flexibility index (Phi) is 7.29. The molecule has 3 amide bonds. The number of thiazole rings is 1. The molecule has 2 aromatic rings. The van der Waals surface area contributed by atoms with Gasteiger partial charge in [-0.05, 0) is 31.4 Å². The van der Waals surface area contributed by atoms with E-state index < -0.39 is 6.03 Å². The summed E-state index contributed by atoms with van der Waals surface area (Å²) in [6.07, 6.45) is 1.66. The Labute approximate surface area is 158 Å². The summed E-state index contributed by atoms with van der Waals surface area (Å²) >= 11 is 1.61. The number of urea groups is 1. The molecule has 1 atom stereocenters. The van der Waals surface area contributed by atoms with Gasteiger partial charge in [-0.3, -0.25) is 9.69 Å². The second-order valence-electron chi connectivity index (χ2n) is 6.16. The molecule has 26 heavy (non-hydrogen) atoms. The van der Waals surface area contributed by atoms with Gasteiger partial charge in [0.15, 0.2) is 0 Å². The second-order valence-corrected chi connectivity index (χ2v) is 7.02. The molecule has 0 bridgehead atoms. The largest absolute Gasteiger partial charge is 0.331 e. The van der Waals surface area contributed by atoms with Crippen LogP contribution in [0.15, 0.2) is 29.8 Å². The van der Waals surface area contributed by atoms with Crippen LogP contribution in [0.3, 0.4) is 0 Å². The molecule has 0 spiro atoms. The van der Waals surface area contributed by atoms with Gasteiger partial charge in [-0.1, -0.05) is 37.6 Å². The van der Waals surface area contributed by atoms with E-state index >= 15 is 0 Å². The van der Waals surface area contributed by atoms with Crippen LogP contribution in [0, 0.1) is 6.92 Å². The first kappa shape index (κ1) is 20.1. The summed E-state index contributed by atoms with van der Waals surface area (Å²) in [5, 5.41) is 2.89. The molecule has 0 saturated heterocycles. The summed E-state index contributed by atoms with van der Waals surface area (Å²) in [4.78, 5) is 31.0. The highest BCUT2D eigenvalue weighted by Crippen LogP contribution is 2.28. The predicted octanol–water partition coefficient (Wildman–Crippen LogP) is 3.48. The maximum absolute atomic E-state index is 12.5. The number of nitrogens with two attached hydrogens (primary N) is 1. The lowest BCUT2D eigenvalue weighted by Gasteiger charge is -2.23. The smallest absolute Gasteiger partial charge is 0.324 e. The normalized spacial score (nSPS) is 11.8. The highest BCUT2D eigenvalue weighted by molar-refractivity contribution is 7.13. The van der Waals surface area contributed by atoms with E-state index in [-0.39, 0.29) is 18.5 Å². The van der Waals surface area contributed by atoms with E-state index in [4.69, 9.17) is 5.73 Å². The van der Waals surface area contributed by atoms with Crippen molar-refractivity contribution in [1.29, 1.82) is 0 Å². The first-order valence-electron chi connectivity index (χ1n) is 8.79. The van der Waals surface area contributed by atoms with Crippen molar-refractivity contribution in [3.8, 4) is 10.4 Å². The Hall–Kier alpha value is -2.25. The molecule has 3 N–H and O–H groups in total. The van der Waals surface area contributed by atoms with Gasteiger partial charge in [0.1, 0.15) is 0 Å². The number of hydrogen-bond donors (Lipinski definition) is 2. The number of amides is 3. The monoisotopic (exact) mass is 374 g/mol. The lowest BCUT2D eigenvalue weighted by Crippen LogP contribution is -2.47. The minimum Gasteiger partial charge on any atom is -0.331 e. The van der Waals surface area contributed by atoms with Gasteiger partial charge in [0, 0.05) is 6.54 Å². The zero-order valence-corrected chi connectivity index (χ0v) is 16.3. The van der Waals surface area contributed by atoms with Crippen molar-refractivity contribution < 1.29 is 9.59 Å². The third-order valence-corrected chi connectivity index (χ3v) is 5.19. The summed E-state index contributed by atoms with van der Waals surface area (Å²) in [6, 6.07) is 7.41. The van der Waals surface area contributed by atoms with Gasteiger partial charge >= 0.3 is 6.03 Å². The Bertz CT molecular complexity index is 742. The highest BCUT2D eigenvalue weighted by atomic mass is 32.1. The summed E-state index contributed by atoms with van der Waals surface area (Å²) in [5.74, 6) is -0.362. The molecule has 0 aliphatic heterocycles. The van der Waals surface area contributed by atoms with Gasteiger partial charge in [-0.15, -0.1) is 11.3 Å². The maximum Gasteiger partial charge on any atom is 0.324 e. The molecule has 0 saturated carbocycles. The molecule has 2 rings (SSSR count). The van der Waals surface area contributed by atoms with Crippen LogP contribution in [-0.2, 0) is 4.79 Å². The van der Waals surface area contributed by atoms with E-state index in [1.54, 1.807) is 11.3 Å². The lowest BCUT2D eigenvalue weighted by atomic mass is 10.0. The van der Waals surface area contributed by atoms with Crippen LogP contribution in [0.1, 0.15) is 44.0 Å².